The van der Waals surface area contributed by atoms with Gasteiger partial charge in [-0.05, 0) is 30.4 Å². The van der Waals surface area contributed by atoms with Crippen LogP contribution in [0.5, 0.6) is 0 Å². The number of carboxylic acid groups (broad SMARTS) is 1. The first kappa shape index (κ1) is 15.4. The number of amides is 2. The van der Waals surface area contributed by atoms with Crippen LogP contribution in [0.3, 0.4) is 0 Å². The van der Waals surface area contributed by atoms with E-state index in [0.29, 0.717) is 19.5 Å². The van der Waals surface area contributed by atoms with E-state index in [9.17, 15) is 9.59 Å². The minimum absolute atomic E-state index is 0.0659. The minimum atomic E-state index is -0.851. The molecule has 0 heterocycles. The van der Waals surface area contributed by atoms with E-state index in [2.05, 4.69) is 10.6 Å². The Morgan fingerprint density at radius 1 is 1.21 bits per heavy atom. The van der Waals surface area contributed by atoms with Gasteiger partial charge < -0.3 is 15.7 Å². The monoisotopic (exact) mass is 282 g/mol. The highest BCUT2D eigenvalue weighted by atomic mass is 32.2. The maximum absolute atomic E-state index is 11.4. The Bertz CT molecular complexity index is 420. The molecule has 2 amide bonds. The molecule has 0 bridgehead atoms. The quantitative estimate of drug-likeness (QED) is 0.528. The van der Waals surface area contributed by atoms with Gasteiger partial charge in [0.2, 0.25) is 0 Å². The molecule has 0 unspecified atom stereocenters. The van der Waals surface area contributed by atoms with Crippen molar-refractivity contribution in [3.8, 4) is 0 Å². The third kappa shape index (κ3) is 6.71. The highest BCUT2D eigenvalue weighted by molar-refractivity contribution is 7.98. The van der Waals surface area contributed by atoms with E-state index in [1.807, 2.05) is 30.5 Å². The van der Waals surface area contributed by atoms with Crippen molar-refractivity contribution < 1.29 is 14.7 Å². The number of hydrogen-bond acceptors (Lipinski definition) is 3. The van der Waals surface area contributed by atoms with Crippen LogP contribution in [0.4, 0.5) is 4.79 Å². The molecule has 0 aliphatic heterocycles. The van der Waals surface area contributed by atoms with Crippen LogP contribution < -0.4 is 10.6 Å². The number of benzene rings is 1. The minimum Gasteiger partial charge on any atom is -0.481 e. The van der Waals surface area contributed by atoms with Crippen molar-refractivity contribution in [1.29, 1.82) is 0 Å². The van der Waals surface area contributed by atoms with Crippen LogP contribution in [-0.4, -0.2) is 29.9 Å². The fraction of sp³-hybridized carbons (Fsp3) is 0.385. The maximum atomic E-state index is 11.4. The van der Waals surface area contributed by atoms with Crippen molar-refractivity contribution in [1.82, 2.24) is 10.6 Å². The zero-order valence-electron chi connectivity index (χ0n) is 10.8. The first-order valence-corrected chi connectivity index (χ1v) is 7.20. The molecule has 1 aromatic carbocycles. The number of urea groups is 1. The molecular weight excluding hydrogens is 264 g/mol. The molecule has 1 rings (SSSR count). The number of carbonyl (C=O) groups is 2. The van der Waals surface area contributed by atoms with Crippen molar-refractivity contribution in [2.45, 2.75) is 24.3 Å². The van der Waals surface area contributed by atoms with Crippen molar-refractivity contribution in [3.05, 3.63) is 29.8 Å². The highest BCUT2D eigenvalue weighted by Gasteiger charge is 2.01. The van der Waals surface area contributed by atoms with Gasteiger partial charge in [0, 0.05) is 24.4 Å². The van der Waals surface area contributed by atoms with E-state index in [4.69, 9.17) is 5.11 Å². The Morgan fingerprint density at radius 2 is 1.89 bits per heavy atom. The number of aliphatic carboxylic acids is 1. The summed E-state index contributed by atoms with van der Waals surface area (Å²) in [6, 6.07) is 7.67. The second kappa shape index (κ2) is 8.42. The molecule has 104 valence electrons. The second-order valence-electron chi connectivity index (χ2n) is 3.95. The van der Waals surface area contributed by atoms with Crippen LogP contribution in [0.2, 0.25) is 0 Å². The van der Waals surface area contributed by atoms with Gasteiger partial charge in [0.05, 0.1) is 0 Å². The van der Waals surface area contributed by atoms with E-state index in [-0.39, 0.29) is 12.5 Å². The SMILES string of the molecule is CSc1ccc(CNC(=O)NCCCC(=O)O)cc1. The van der Waals surface area contributed by atoms with Gasteiger partial charge in [-0.25, -0.2) is 4.79 Å². The fourth-order valence-electron chi connectivity index (χ4n) is 1.43. The summed E-state index contributed by atoms with van der Waals surface area (Å²) in [4.78, 5) is 22.9. The summed E-state index contributed by atoms with van der Waals surface area (Å²) in [5.74, 6) is -0.851. The number of rotatable bonds is 7. The molecule has 6 heteroatoms. The molecule has 3 N–H and O–H groups in total. The van der Waals surface area contributed by atoms with Crippen LogP contribution >= 0.6 is 11.8 Å². The molecule has 0 aliphatic carbocycles. The molecule has 19 heavy (non-hydrogen) atoms. The third-order valence-electron chi connectivity index (χ3n) is 2.47. The largest absolute Gasteiger partial charge is 0.481 e. The molecule has 0 saturated heterocycles. The van der Waals surface area contributed by atoms with Gasteiger partial charge in [0.25, 0.3) is 0 Å². The zero-order chi connectivity index (χ0) is 14.1. The van der Waals surface area contributed by atoms with Crippen LogP contribution in [0.1, 0.15) is 18.4 Å². The first-order valence-electron chi connectivity index (χ1n) is 5.98. The van der Waals surface area contributed by atoms with Crippen LogP contribution in [0, 0.1) is 0 Å². The van der Waals surface area contributed by atoms with E-state index in [1.165, 1.54) is 4.90 Å². The van der Waals surface area contributed by atoms with Crippen LogP contribution in [0.15, 0.2) is 29.2 Å². The lowest BCUT2D eigenvalue weighted by atomic mass is 10.2. The van der Waals surface area contributed by atoms with Gasteiger partial charge in [-0.15, -0.1) is 11.8 Å². The molecule has 1 aromatic rings. The molecule has 0 spiro atoms. The predicted octanol–water partition coefficient (Wildman–Crippen LogP) is 2.07. The number of nitrogens with one attached hydrogen (secondary N) is 2. The number of thioether (sulfide) groups is 1. The molecule has 0 radical (unpaired) electrons. The summed E-state index contributed by atoms with van der Waals surface area (Å²) < 4.78 is 0. The standard InChI is InChI=1S/C13H18N2O3S/c1-19-11-6-4-10(5-7-11)9-15-13(18)14-8-2-3-12(16)17/h4-7H,2-3,8-9H2,1H3,(H,16,17)(H2,14,15,18). The Labute approximate surface area is 116 Å². The summed E-state index contributed by atoms with van der Waals surface area (Å²) in [5.41, 5.74) is 1.03. The van der Waals surface area contributed by atoms with Gasteiger partial charge >= 0.3 is 12.0 Å². The highest BCUT2D eigenvalue weighted by Crippen LogP contribution is 2.14. The topological polar surface area (TPSA) is 78.4 Å². The smallest absolute Gasteiger partial charge is 0.315 e. The lowest BCUT2D eigenvalue weighted by molar-refractivity contribution is -0.137. The van der Waals surface area contributed by atoms with Gasteiger partial charge in [0.1, 0.15) is 0 Å². The van der Waals surface area contributed by atoms with Gasteiger partial charge in [-0.3, -0.25) is 4.79 Å². The van der Waals surface area contributed by atoms with Crippen LogP contribution in [0.25, 0.3) is 0 Å². The summed E-state index contributed by atoms with van der Waals surface area (Å²) in [7, 11) is 0. The number of carboxylic acids is 1. The zero-order valence-corrected chi connectivity index (χ0v) is 11.6. The van der Waals surface area contributed by atoms with Crippen LogP contribution in [-0.2, 0) is 11.3 Å². The lowest BCUT2D eigenvalue weighted by Crippen LogP contribution is -2.35. The predicted molar refractivity (Wildman–Crippen MR) is 75.3 cm³/mol. The summed E-state index contributed by atoms with van der Waals surface area (Å²) in [5, 5.41) is 13.8. The van der Waals surface area contributed by atoms with E-state index in [0.717, 1.165) is 5.56 Å². The van der Waals surface area contributed by atoms with Crippen molar-refractivity contribution >= 4 is 23.8 Å². The molecule has 5 nitrogen and oxygen atoms in total. The fourth-order valence-corrected chi connectivity index (χ4v) is 1.84. The van der Waals surface area contributed by atoms with Crippen molar-refractivity contribution in [3.63, 3.8) is 0 Å². The number of carbonyl (C=O) groups excluding carboxylic acids is 1. The summed E-state index contributed by atoms with van der Waals surface area (Å²) in [6.45, 7) is 0.822. The normalized spacial score (nSPS) is 9.95. The summed E-state index contributed by atoms with van der Waals surface area (Å²) in [6.07, 6.45) is 2.51. The molecule has 0 aromatic heterocycles. The maximum Gasteiger partial charge on any atom is 0.315 e. The number of hydrogen-bond donors (Lipinski definition) is 3. The van der Waals surface area contributed by atoms with Gasteiger partial charge in [-0.1, -0.05) is 12.1 Å². The molecule has 0 saturated carbocycles. The Balaban J connectivity index is 2.20. The Morgan fingerprint density at radius 3 is 2.47 bits per heavy atom. The van der Waals surface area contributed by atoms with E-state index in [1.54, 1.807) is 11.8 Å². The summed E-state index contributed by atoms with van der Waals surface area (Å²) >= 11 is 1.67. The van der Waals surface area contributed by atoms with Gasteiger partial charge in [0.15, 0.2) is 0 Å². The second-order valence-corrected chi connectivity index (χ2v) is 4.83. The molecule has 0 aliphatic rings. The van der Waals surface area contributed by atoms with Gasteiger partial charge in [-0.2, -0.15) is 0 Å². The average molecular weight is 282 g/mol. The van der Waals surface area contributed by atoms with Crippen molar-refractivity contribution in [2.24, 2.45) is 0 Å². The third-order valence-corrected chi connectivity index (χ3v) is 3.21. The Kier molecular flexibility index (Phi) is 6.81. The average Bonchev–Trinajstić information content (AvgIpc) is 2.41. The van der Waals surface area contributed by atoms with Crippen molar-refractivity contribution in [2.75, 3.05) is 12.8 Å². The molecule has 0 atom stereocenters. The first-order chi connectivity index (χ1) is 9.11. The Hall–Kier alpha value is -1.69. The molecular formula is C13H18N2O3S. The molecule has 0 fully saturated rings. The van der Waals surface area contributed by atoms with E-state index < -0.39 is 5.97 Å². The van der Waals surface area contributed by atoms with E-state index >= 15 is 0 Å². The lowest BCUT2D eigenvalue weighted by Gasteiger charge is -2.07.